The summed E-state index contributed by atoms with van der Waals surface area (Å²) in [5.74, 6) is 0. The van der Waals surface area contributed by atoms with Crippen molar-refractivity contribution in [3.63, 3.8) is 0 Å². The lowest BCUT2D eigenvalue weighted by Crippen LogP contribution is -1.87. The molecule has 0 heterocycles. The summed E-state index contributed by atoms with van der Waals surface area (Å²) in [7, 11) is 0. The Morgan fingerprint density at radius 1 is 1.75 bits per heavy atom. The Morgan fingerprint density at radius 3 is 2.75 bits per heavy atom. The van der Waals surface area contributed by atoms with Gasteiger partial charge in [0.2, 0.25) is 0 Å². The van der Waals surface area contributed by atoms with E-state index in [-0.39, 0.29) is 0 Å². The van der Waals surface area contributed by atoms with Gasteiger partial charge < -0.3 is 0 Å². The maximum Gasteiger partial charge on any atom is 0.0228 e. The summed E-state index contributed by atoms with van der Waals surface area (Å²) in [5, 5.41) is 0.325. The maximum absolute atomic E-state index is 4.19. The first-order valence-corrected chi connectivity index (χ1v) is 3.24. The Morgan fingerprint density at radius 2 is 2.38 bits per heavy atom. The molecule has 1 atom stereocenters. The van der Waals surface area contributed by atoms with Crippen LogP contribution >= 0.6 is 12.6 Å². The molecule has 0 aliphatic carbocycles. The molecule has 0 N–H and O–H groups in total. The van der Waals surface area contributed by atoms with Gasteiger partial charge in [-0.25, -0.2) is 0 Å². The molecule has 0 radical (unpaired) electrons. The van der Waals surface area contributed by atoms with Gasteiger partial charge in [-0.1, -0.05) is 18.2 Å². The van der Waals surface area contributed by atoms with Crippen molar-refractivity contribution in [2.75, 3.05) is 0 Å². The molecule has 0 amide bonds. The van der Waals surface area contributed by atoms with Crippen LogP contribution in [0.2, 0.25) is 0 Å². The number of hydrogen-bond acceptors (Lipinski definition) is 1. The fraction of sp³-hybridized carbons (Fsp3) is 0.429. The Bertz CT molecular complexity index is 84.4. The average molecular weight is 128 g/mol. The number of hydrogen-bond donors (Lipinski definition) is 1. The van der Waals surface area contributed by atoms with Crippen LogP contribution in [-0.2, 0) is 0 Å². The van der Waals surface area contributed by atoms with Crippen molar-refractivity contribution in [3.05, 3.63) is 24.8 Å². The third-order valence-corrected chi connectivity index (χ3v) is 1.31. The molecular weight excluding hydrogens is 116 g/mol. The highest BCUT2D eigenvalue weighted by Gasteiger charge is 1.88. The lowest BCUT2D eigenvalue weighted by atomic mass is 10.3. The van der Waals surface area contributed by atoms with Gasteiger partial charge in [0.15, 0.2) is 0 Å². The van der Waals surface area contributed by atoms with Crippen LogP contribution in [0.15, 0.2) is 24.8 Å². The van der Waals surface area contributed by atoms with Gasteiger partial charge in [0.25, 0.3) is 0 Å². The molecule has 0 nitrogen and oxygen atoms in total. The summed E-state index contributed by atoms with van der Waals surface area (Å²) in [4.78, 5) is 0. The minimum absolute atomic E-state index is 0.325. The van der Waals surface area contributed by atoms with Gasteiger partial charge in [0.1, 0.15) is 0 Å². The highest BCUT2D eigenvalue weighted by Crippen LogP contribution is 2.01. The van der Waals surface area contributed by atoms with Crippen LogP contribution in [-0.4, -0.2) is 5.25 Å². The van der Waals surface area contributed by atoms with Crippen molar-refractivity contribution < 1.29 is 0 Å². The first-order chi connectivity index (χ1) is 3.81. The van der Waals surface area contributed by atoms with E-state index in [1.54, 1.807) is 0 Å². The predicted molar refractivity (Wildman–Crippen MR) is 42.4 cm³/mol. The zero-order valence-corrected chi connectivity index (χ0v) is 6.07. The number of rotatable bonds is 3. The van der Waals surface area contributed by atoms with Gasteiger partial charge in [-0.2, -0.15) is 12.6 Å². The van der Waals surface area contributed by atoms with E-state index < -0.39 is 0 Å². The van der Waals surface area contributed by atoms with E-state index in [9.17, 15) is 0 Å². The SMILES string of the molecule is C=CC(S)C/C=C/C. The zero-order valence-electron chi connectivity index (χ0n) is 5.17. The Balaban J connectivity index is 3.23. The fourth-order valence-corrected chi connectivity index (χ4v) is 0.493. The van der Waals surface area contributed by atoms with E-state index in [0.29, 0.717) is 5.25 Å². The molecule has 0 bridgehead atoms. The quantitative estimate of drug-likeness (QED) is 0.438. The van der Waals surface area contributed by atoms with Gasteiger partial charge in [-0.3, -0.25) is 0 Å². The summed E-state index contributed by atoms with van der Waals surface area (Å²) < 4.78 is 0. The van der Waals surface area contributed by atoms with Crippen molar-refractivity contribution in [2.24, 2.45) is 0 Å². The molecule has 0 aromatic rings. The third-order valence-electron chi connectivity index (χ3n) is 0.885. The molecule has 8 heavy (non-hydrogen) atoms. The molecule has 0 saturated carbocycles. The molecule has 1 unspecified atom stereocenters. The topological polar surface area (TPSA) is 0 Å². The van der Waals surface area contributed by atoms with Crippen molar-refractivity contribution in [1.82, 2.24) is 0 Å². The van der Waals surface area contributed by atoms with Crippen molar-refractivity contribution in [2.45, 2.75) is 18.6 Å². The van der Waals surface area contributed by atoms with Crippen molar-refractivity contribution >= 4 is 12.6 Å². The molecule has 0 aromatic carbocycles. The van der Waals surface area contributed by atoms with Crippen LogP contribution in [0.25, 0.3) is 0 Å². The summed E-state index contributed by atoms with van der Waals surface area (Å²) in [6.07, 6.45) is 6.93. The Hall–Kier alpha value is -0.170. The molecule has 0 rings (SSSR count). The van der Waals surface area contributed by atoms with E-state index >= 15 is 0 Å². The molecule has 0 aliphatic rings. The molecule has 0 aliphatic heterocycles. The summed E-state index contributed by atoms with van der Waals surface area (Å²) in [5.41, 5.74) is 0. The summed E-state index contributed by atoms with van der Waals surface area (Å²) in [6.45, 7) is 5.61. The first kappa shape index (κ1) is 7.83. The molecule has 0 spiro atoms. The second-order valence-corrected chi connectivity index (χ2v) is 2.27. The monoisotopic (exact) mass is 128 g/mol. The summed E-state index contributed by atoms with van der Waals surface area (Å²) in [6, 6.07) is 0. The van der Waals surface area contributed by atoms with E-state index in [0.717, 1.165) is 6.42 Å². The van der Waals surface area contributed by atoms with E-state index in [1.807, 2.05) is 19.1 Å². The largest absolute Gasteiger partial charge is 0.171 e. The minimum Gasteiger partial charge on any atom is -0.171 e. The first-order valence-electron chi connectivity index (χ1n) is 2.73. The minimum atomic E-state index is 0.325. The highest BCUT2D eigenvalue weighted by molar-refractivity contribution is 7.81. The molecule has 1 heteroatoms. The van der Waals surface area contributed by atoms with Crippen molar-refractivity contribution in [3.8, 4) is 0 Å². The predicted octanol–water partition coefficient (Wildman–Crippen LogP) is 2.44. The second kappa shape index (κ2) is 4.98. The third kappa shape index (κ3) is 4.00. The summed E-state index contributed by atoms with van der Waals surface area (Å²) >= 11 is 4.19. The lowest BCUT2D eigenvalue weighted by molar-refractivity contribution is 1.08. The van der Waals surface area contributed by atoms with Gasteiger partial charge >= 0.3 is 0 Å². The maximum atomic E-state index is 4.19. The van der Waals surface area contributed by atoms with Gasteiger partial charge in [0, 0.05) is 5.25 Å². The van der Waals surface area contributed by atoms with Crippen LogP contribution in [0.1, 0.15) is 13.3 Å². The Labute approximate surface area is 56.7 Å². The molecule has 0 fully saturated rings. The van der Waals surface area contributed by atoms with Crippen LogP contribution in [0.5, 0.6) is 0 Å². The van der Waals surface area contributed by atoms with Gasteiger partial charge in [0.05, 0.1) is 0 Å². The smallest absolute Gasteiger partial charge is 0.0228 e. The number of allylic oxidation sites excluding steroid dienone is 2. The molecule has 46 valence electrons. The van der Waals surface area contributed by atoms with E-state index in [1.165, 1.54) is 0 Å². The second-order valence-electron chi connectivity index (χ2n) is 1.61. The van der Waals surface area contributed by atoms with Crippen LogP contribution < -0.4 is 0 Å². The molecule has 0 aromatic heterocycles. The standard InChI is InChI=1S/C7H12S/c1-3-5-6-7(8)4-2/h3-5,7-8H,2,6H2,1H3/b5-3+. The van der Waals surface area contributed by atoms with Crippen LogP contribution in [0.3, 0.4) is 0 Å². The fourth-order valence-electron chi connectivity index (χ4n) is 0.372. The molecule has 0 saturated heterocycles. The van der Waals surface area contributed by atoms with Crippen LogP contribution in [0, 0.1) is 0 Å². The number of thiol groups is 1. The molecular formula is C7H12S. The zero-order chi connectivity index (χ0) is 6.41. The van der Waals surface area contributed by atoms with Crippen LogP contribution in [0.4, 0.5) is 0 Å². The highest BCUT2D eigenvalue weighted by atomic mass is 32.1. The van der Waals surface area contributed by atoms with Crippen molar-refractivity contribution in [1.29, 1.82) is 0 Å². The van der Waals surface area contributed by atoms with Gasteiger partial charge in [-0.15, -0.1) is 6.58 Å². The average Bonchev–Trinajstić information content (AvgIpc) is 1.83. The lowest BCUT2D eigenvalue weighted by Gasteiger charge is -1.95. The Kier molecular flexibility index (Phi) is 4.87. The van der Waals surface area contributed by atoms with E-state index in [2.05, 4.69) is 25.3 Å². The van der Waals surface area contributed by atoms with E-state index in [4.69, 9.17) is 0 Å². The normalized spacial score (nSPS) is 14.2. The van der Waals surface area contributed by atoms with Gasteiger partial charge in [-0.05, 0) is 13.3 Å².